The van der Waals surface area contributed by atoms with Crippen LogP contribution in [0.2, 0.25) is 0 Å². The van der Waals surface area contributed by atoms with Crippen molar-refractivity contribution < 1.29 is 24.9 Å². The summed E-state index contributed by atoms with van der Waals surface area (Å²) in [6, 6.07) is 6.74. The number of ether oxygens (including phenoxy) is 1. The Morgan fingerprint density at radius 3 is 2.88 bits per heavy atom. The van der Waals surface area contributed by atoms with Crippen LogP contribution in [0.1, 0.15) is 33.3 Å². The number of aliphatic hydroxyl groups excluding tert-OH is 3. The van der Waals surface area contributed by atoms with Gasteiger partial charge < -0.3 is 20.1 Å². The summed E-state index contributed by atoms with van der Waals surface area (Å²) in [6.07, 6.45) is -1.53. The van der Waals surface area contributed by atoms with Crippen LogP contribution in [0, 0.1) is 6.92 Å². The molecule has 0 bridgehead atoms. The van der Waals surface area contributed by atoms with Crippen LogP contribution in [-0.4, -0.2) is 51.1 Å². The first kappa shape index (κ1) is 18.0. The second-order valence-electron chi connectivity index (χ2n) is 6.00. The normalized spacial score (nSPS) is 26.4. The summed E-state index contributed by atoms with van der Waals surface area (Å²) in [6.45, 7) is 1.57. The predicted molar refractivity (Wildman–Crippen MR) is 92.6 cm³/mol. The van der Waals surface area contributed by atoms with Crippen LogP contribution in [0.5, 0.6) is 0 Å². The summed E-state index contributed by atoms with van der Waals surface area (Å²) in [4.78, 5) is 17.5. The molecule has 7 nitrogen and oxygen atoms in total. The van der Waals surface area contributed by atoms with E-state index in [1.165, 1.54) is 11.3 Å². The van der Waals surface area contributed by atoms with Gasteiger partial charge in [-0.2, -0.15) is 0 Å². The number of aromatic nitrogens is 1. The van der Waals surface area contributed by atoms with E-state index in [-0.39, 0.29) is 18.9 Å². The van der Waals surface area contributed by atoms with Gasteiger partial charge in [0, 0.05) is 23.1 Å². The standard InChI is InChI=1S/C17H20N2O5S/c1-9-7-18-17(25-9)19-16(23)11-4-2-3-10(5-11)15-13(22)6-12(21)14(8-20)24-15/h2-5,7,12-15,20-22H,6,8H2,1H3,(H,18,19,23). The van der Waals surface area contributed by atoms with E-state index in [0.717, 1.165) is 4.88 Å². The first-order valence-electron chi connectivity index (χ1n) is 7.94. The van der Waals surface area contributed by atoms with Crippen LogP contribution in [0.4, 0.5) is 5.13 Å². The molecule has 1 saturated heterocycles. The van der Waals surface area contributed by atoms with Crippen LogP contribution in [0.25, 0.3) is 0 Å². The number of aliphatic hydroxyl groups is 3. The molecule has 4 atom stereocenters. The minimum absolute atomic E-state index is 0.102. The highest BCUT2D eigenvalue weighted by Gasteiger charge is 2.36. The first-order chi connectivity index (χ1) is 12.0. The van der Waals surface area contributed by atoms with E-state index in [9.17, 15) is 20.1 Å². The van der Waals surface area contributed by atoms with Crippen LogP contribution in [0.15, 0.2) is 30.5 Å². The summed E-state index contributed by atoms with van der Waals surface area (Å²) in [5, 5.41) is 32.5. The van der Waals surface area contributed by atoms with E-state index in [1.54, 1.807) is 30.5 Å². The molecule has 0 spiro atoms. The molecule has 0 saturated carbocycles. The minimum atomic E-state index is -0.920. The Labute approximate surface area is 148 Å². The molecule has 2 aromatic rings. The molecule has 8 heteroatoms. The van der Waals surface area contributed by atoms with Gasteiger partial charge in [0.2, 0.25) is 0 Å². The van der Waals surface area contributed by atoms with E-state index >= 15 is 0 Å². The lowest BCUT2D eigenvalue weighted by atomic mass is 9.93. The second-order valence-corrected chi connectivity index (χ2v) is 7.24. The molecule has 4 N–H and O–H groups in total. The molecule has 1 aromatic carbocycles. The number of hydrogen-bond acceptors (Lipinski definition) is 7. The van der Waals surface area contributed by atoms with Crippen molar-refractivity contribution in [3.8, 4) is 0 Å². The fraction of sp³-hybridized carbons (Fsp3) is 0.412. The third-order valence-electron chi connectivity index (χ3n) is 4.08. The SMILES string of the molecule is Cc1cnc(NC(=O)c2cccc(C3OC(CO)C(O)CC3O)c2)s1. The summed E-state index contributed by atoms with van der Waals surface area (Å²) >= 11 is 1.38. The number of carbonyl (C=O) groups excluding carboxylic acids is 1. The van der Waals surface area contributed by atoms with E-state index in [1.807, 2.05) is 6.92 Å². The number of aryl methyl sites for hydroxylation is 1. The highest BCUT2D eigenvalue weighted by atomic mass is 32.1. The molecule has 4 unspecified atom stereocenters. The number of rotatable bonds is 4. The van der Waals surface area contributed by atoms with Gasteiger partial charge in [-0.05, 0) is 24.6 Å². The number of amides is 1. The minimum Gasteiger partial charge on any atom is -0.394 e. The topological polar surface area (TPSA) is 112 Å². The van der Waals surface area contributed by atoms with Gasteiger partial charge in [0.1, 0.15) is 12.2 Å². The van der Waals surface area contributed by atoms with Crippen LogP contribution in [0.3, 0.4) is 0 Å². The number of thiazole rings is 1. The molecule has 0 radical (unpaired) electrons. The Morgan fingerprint density at radius 2 is 2.20 bits per heavy atom. The highest BCUT2D eigenvalue weighted by molar-refractivity contribution is 7.15. The molecule has 0 aliphatic carbocycles. The molecule has 1 fully saturated rings. The lowest BCUT2D eigenvalue weighted by Crippen LogP contribution is -2.44. The van der Waals surface area contributed by atoms with E-state index < -0.39 is 24.4 Å². The molecule has 1 aliphatic rings. The highest BCUT2D eigenvalue weighted by Crippen LogP contribution is 2.32. The molecule has 25 heavy (non-hydrogen) atoms. The van der Waals surface area contributed by atoms with Crippen molar-refractivity contribution in [2.75, 3.05) is 11.9 Å². The largest absolute Gasteiger partial charge is 0.394 e. The number of carbonyl (C=O) groups is 1. The van der Waals surface area contributed by atoms with Gasteiger partial charge in [0.05, 0.1) is 18.8 Å². The Balaban J connectivity index is 1.77. The molecule has 1 aromatic heterocycles. The lowest BCUT2D eigenvalue weighted by Gasteiger charge is -2.36. The van der Waals surface area contributed by atoms with Gasteiger partial charge in [0.25, 0.3) is 5.91 Å². The van der Waals surface area contributed by atoms with Crippen LogP contribution in [-0.2, 0) is 4.74 Å². The molecule has 3 rings (SSSR count). The third kappa shape index (κ3) is 4.05. The maximum absolute atomic E-state index is 12.4. The quantitative estimate of drug-likeness (QED) is 0.650. The predicted octanol–water partition coefficient (Wildman–Crippen LogP) is 1.25. The number of nitrogens with zero attached hydrogens (tertiary/aromatic N) is 1. The van der Waals surface area contributed by atoms with E-state index in [0.29, 0.717) is 16.3 Å². The number of anilines is 1. The van der Waals surface area contributed by atoms with Crippen molar-refractivity contribution in [1.29, 1.82) is 0 Å². The van der Waals surface area contributed by atoms with Crippen molar-refractivity contribution in [2.45, 2.75) is 37.8 Å². The summed E-state index contributed by atoms with van der Waals surface area (Å²) in [5.41, 5.74) is 1.02. The molecular weight excluding hydrogens is 344 g/mol. The van der Waals surface area contributed by atoms with Crippen molar-refractivity contribution in [1.82, 2.24) is 4.98 Å². The van der Waals surface area contributed by atoms with Gasteiger partial charge >= 0.3 is 0 Å². The maximum atomic E-state index is 12.4. The maximum Gasteiger partial charge on any atom is 0.257 e. The molecule has 2 heterocycles. The van der Waals surface area contributed by atoms with Gasteiger partial charge in [-0.3, -0.25) is 10.1 Å². The van der Waals surface area contributed by atoms with Gasteiger partial charge in [-0.1, -0.05) is 12.1 Å². The zero-order valence-electron chi connectivity index (χ0n) is 13.6. The van der Waals surface area contributed by atoms with Crippen LogP contribution >= 0.6 is 11.3 Å². The number of benzene rings is 1. The van der Waals surface area contributed by atoms with Crippen molar-refractivity contribution in [3.63, 3.8) is 0 Å². The van der Waals surface area contributed by atoms with Crippen LogP contribution < -0.4 is 5.32 Å². The fourth-order valence-corrected chi connectivity index (χ4v) is 3.46. The molecule has 1 aliphatic heterocycles. The smallest absolute Gasteiger partial charge is 0.257 e. The number of nitrogens with one attached hydrogen (secondary N) is 1. The zero-order chi connectivity index (χ0) is 18.0. The van der Waals surface area contributed by atoms with E-state index in [4.69, 9.17) is 4.74 Å². The van der Waals surface area contributed by atoms with Crippen molar-refractivity contribution >= 4 is 22.4 Å². The average molecular weight is 364 g/mol. The van der Waals surface area contributed by atoms with Crippen molar-refractivity contribution in [3.05, 3.63) is 46.5 Å². The Kier molecular flexibility index (Phi) is 5.45. The number of hydrogen-bond donors (Lipinski definition) is 4. The Morgan fingerprint density at radius 1 is 1.40 bits per heavy atom. The summed E-state index contributed by atoms with van der Waals surface area (Å²) in [5.74, 6) is -0.305. The fourth-order valence-electron chi connectivity index (χ4n) is 2.80. The molecule has 134 valence electrons. The summed E-state index contributed by atoms with van der Waals surface area (Å²) < 4.78 is 5.61. The Bertz CT molecular complexity index is 750. The average Bonchev–Trinajstić information content (AvgIpc) is 3.00. The first-order valence-corrected chi connectivity index (χ1v) is 8.75. The monoisotopic (exact) mass is 364 g/mol. The zero-order valence-corrected chi connectivity index (χ0v) is 14.4. The van der Waals surface area contributed by atoms with E-state index in [2.05, 4.69) is 10.3 Å². The second kappa shape index (κ2) is 7.59. The van der Waals surface area contributed by atoms with Gasteiger partial charge in [-0.25, -0.2) is 4.98 Å². The molecule has 1 amide bonds. The van der Waals surface area contributed by atoms with Gasteiger partial charge in [-0.15, -0.1) is 11.3 Å². The molecular formula is C17H20N2O5S. The lowest BCUT2D eigenvalue weighted by molar-refractivity contribution is -0.181. The van der Waals surface area contributed by atoms with Crippen molar-refractivity contribution in [2.24, 2.45) is 0 Å². The summed E-state index contributed by atoms with van der Waals surface area (Å²) in [7, 11) is 0. The third-order valence-corrected chi connectivity index (χ3v) is 4.91. The Hall–Kier alpha value is -1.84. The van der Waals surface area contributed by atoms with Gasteiger partial charge in [0.15, 0.2) is 5.13 Å².